The monoisotopic (exact) mass is 392 g/mol. The average molecular weight is 392 g/mol. The molecule has 0 heterocycles. The van der Waals surface area contributed by atoms with Gasteiger partial charge in [0.15, 0.2) is 0 Å². The van der Waals surface area contributed by atoms with Crippen molar-refractivity contribution < 1.29 is 4.79 Å². The first-order valence-corrected chi connectivity index (χ1v) is 10.5. The number of carbonyl (C=O) groups is 1. The number of anilines is 3. The van der Waals surface area contributed by atoms with Crippen molar-refractivity contribution >= 4 is 44.3 Å². The minimum absolute atomic E-state index is 0.0907. The van der Waals surface area contributed by atoms with E-state index in [4.69, 9.17) is 0 Å². The predicted molar refractivity (Wildman–Crippen MR) is 121 cm³/mol. The molecule has 0 saturated heterocycles. The molecule has 0 radical (unpaired) electrons. The summed E-state index contributed by atoms with van der Waals surface area (Å²) in [4.78, 5) is 15.1. The van der Waals surface area contributed by atoms with Crippen LogP contribution in [0.5, 0.6) is 0 Å². The molecule has 0 aliphatic rings. The molecule has 150 valence electrons. The molecule has 1 aromatic carbocycles. The van der Waals surface area contributed by atoms with Gasteiger partial charge in [-0.2, -0.15) is 5.20 Å². The summed E-state index contributed by atoms with van der Waals surface area (Å²) >= 11 is 0. The molecule has 8 heteroatoms. The summed E-state index contributed by atoms with van der Waals surface area (Å²) in [6, 6.07) is 5.77. The average Bonchev–Trinajstić information content (AvgIpc) is 2.64. The number of aliphatic imine (C=N–C) groups is 1. The maximum Gasteiger partial charge on any atom is 0.221 e. The van der Waals surface area contributed by atoms with Crippen molar-refractivity contribution in [3.05, 3.63) is 18.2 Å². The van der Waals surface area contributed by atoms with E-state index in [0.717, 1.165) is 30.0 Å². The minimum Gasteiger partial charge on any atom is -0.383 e. The Morgan fingerprint density at radius 3 is 2.63 bits per heavy atom. The lowest BCUT2D eigenvalue weighted by atomic mass is 10.1. The zero-order valence-electron chi connectivity index (χ0n) is 16.6. The van der Waals surface area contributed by atoms with E-state index in [-0.39, 0.29) is 14.8 Å². The molecule has 0 aromatic heterocycles. The van der Waals surface area contributed by atoms with Crippen molar-refractivity contribution in [2.24, 2.45) is 9.76 Å². The molecule has 27 heavy (non-hydrogen) atoms. The van der Waals surface area contributed by atoms with Gasteiger partial charge >= 0.3 is 0 Å². The van der Waals surface area contributed by atoms with Gasteiger partial charge in [0.25, 0.3) is 0 Å². The number of benzene rings is 1. The van der Waals surface area contributed by atoms with Crippen LogP contribution in [0.2, 0.25) is 0 Å². The third-order valence-corrected chi connectivity index (χ3v) is 4.31. The number of nitrogens with zero attached hydrogens (tertiary/aromatic N) is 2. The molecule has 1 aromatic rings. The van der Waals surface area contributed by atoms with Gasteiger partial charge in [-0.25, -0.2) is 0 Å². The number of amides is 1. The first kappa shape index (κ1) is 23.1. The Morgan fingerprint density at radius 1 is 1.11 bits per heavy atom. The van der Waals surface area contributed by atoms with Crippen molar-refractivity contribution in [2.45, 2.75) is 52.4 Å². The summed E-state index contributed by atoms with van der Waals surface area (Å²) in [5.74, 6) is -0.0907. The number of unbranched alkanes of at least 4 members (excludes halogenated alkanes) is 5. The second-order valence-electron chi connectivity index (χ2n) is 6.18. The molecule has 0 fully saturated rings. The SMILES string of the molecule is CCCCCCCCNc1ccc(NC(C)=O)cc1NNPN=CC=NC. The molecular formula is C19H33N6OP. The van der Waals surface area contributed by atoms with Crippen LogP contribution in [0.3, 0.4) is 0 Å². The highest BCUT2D eigenvalue weighted by atomic mass is 31.1. The maximum absolute atomic E-state index is 11.3. The number of nitrogens with one attached hydrogen (secondary N) is 4. The first-order valence-electron chi connectivity index (χ1n) is 9.52. The van der Waals surface area contributed by atoms with Gasteiger partial charge in [-0.05, 0) is 24.6 Å². The van der Waals surface area contributed by atoms with Gasteiger partial charge in [-0.1, -0.05) is 39.0 Å². The van der Waals surface area contributed by atoms with Gasteiger partial charge in [0.05, 0.1) is 20.3 Å². The quantitative estimate of drug-likeness (QED) is 0.161. The first-order chi connectivity index (χ1) is 13.2. The number of hydrazine groups is 1. The molecule has 7 nitrogen and oxygen atoms in total. The molecule has 0 aliphatic heterocycles. The van der Waals surface area contributed by atoms with Crippen LogP contribution in [-0.2, 0) is 4.79 Å². The second-order valence-corrected chi connectivity index (χ2v) is 6.92. The summed E-state index contributed by atoms with van der Waals surface area (Å²) < 4.78 is 4.18. The van der Waals surface area contributed by atoms with Crippen LogP contribution in [0, 0.1) is 0 Å². The molecule has 0 aliphatic carbocycles. The lowest BCUT2D eigenvalue weighted by Crippen LogP contribution is -2.14. The molecule has 0 spiro atoms. The summed E-state index contributed by atoms with van der Waals surface area (Å²) in [7, 11) is 1.87. The van der Waals surface area contributed by atoms with Gasteiger partial charge in [0.2, 0.25) is 5.91 Å². The Hall–Kier alpha value is -1.98. The highest BCUT2D eigenvalue weighted by molar-refractivity contribution is 7.34. The Labute approximate surface area is 164 Å². The molecule has 1 rings (SSSR count). The van der Waals surface area contributed by atoms with Gasteiger partial charge < -0.3 is 16.1 Å². The fourth-order valence-electron chi connectivity index (χ4n) is 2.48. The van der Waals surface area contributed by atoms with Crippen molar-refractivity contribution in [3.63, 3.8) is 0 Å². The van der Waals surface area contributed by atoms with Crippen LogP contribution in [0.25, 0.3) is 0 Å². The zero-order valence-corrected chi connectivity index (χ0v) is 17.6. The van der Waals surface area contributed by atoms with E-state index in [1.165, 1.54) is 39.0 Å². The standard InChI is InChI=1S/C19H33N6OP/c1-4-5-6-7-8-9-12-21-18-11-10-17(23-16(2)26)15-19(18)24-25-27-22-14-13-20-3/h10-11,13-15,21,24-25,27H,4-9,12H2,1-3H3,(H,23,26). The normalized spacial score (nSPS) is 11.7. The Balaban J connectivity index is 2.55. The molecule has 1 unspecified atom stereocenters. The van der Waals surface area contributed by atoms with Gasteiger partial charge in [-0.15, -0.1) is 0 Å². The third kappa shape index (κ3) is 11.4. The van der Waals surface area contributed by atoms with Gasteiger partial charge in [-0.3, -0.25) is 14.5 Å². The summed E-state index contributed by atoms with van der Waals surface area (Å²) in [6.45, 7) is 4.66. The minimum atomic E-state index is -0.0907. The highest BCUT2D eigenvalue weighted by Gasteiger charge is 2.05. The predicted octanol–water partition coefficient (Wildman–Crippen LogP) is 4.61. The summed E-state index contributed by atoms with van der Waals surface area (Å²) in [5, 5.41) is 9.35. The molecule has 1 atom stereocenters. The van der Waals surface area contributed by atoms with E-state index in [0.29, 0.717) is 0 Å². The third-order valence-electron chi connectivity index (χ3n) is 3.79. The fourth-order valence-corrected chi connectivity index (χ4v) is 2.87. The van der Waals surface area contributed by atoms with Gasteiger partial charge in [0, 0.05) is 38.6 Å². The lowest BCUT2D eigenvalue weighted by Gasteiger charge is -2.15. The smallest absolute Gasteiger partial charge is 0.221 e. The van der Waals surface area contributed by atoms with Crippen molar-refractivity contribution in [1.29, 1.82) is 0 Å². The molecule has 0 saturated carbocycles. The highest BCUT2D eigenvalue weighted by Crippen LogP contribution is 2.26. The molecule has 1 amide bonds. The second kappa shape index (κ2) is 15.1. The van der Waals surface area contributed by atoms with Crippen LogP contribution in [0.15, 0.2) is 28.0 Å². The maximum atomic E-state index is 11.3. The van der Waals surface area contributed by atoms with Crippen LogP contribution in [0.4, 0.5) is 17.1 Å². The van der Waals surface area contributed by atoms with Crippen LogP contribution in [-0.4, -0.2) is 31.9 Å². The van der Waals surface area contributed by atoms with E-state index in [1.807, 2.05) is 18.2 Å². The summed E-state index contributed by atoms with van der Waals surface area (Å²) in [6.07, 6.45) is 10.9. The van der Waals surface area contributed by atoms with Crippen molar-refractivity contribution in [3.8, 4) is 0 Å². The van der Waals surface area contributed by atoms with Crippen molar-refractivity contribution in [2.75, 3.05) is 29.7 Å². The zero-order chi connectivity index (χ0) is 19.7. The van der Waals surface area contributed by atoms with Crippen LogP contribution < -0.4 is 21.3 Å². The van der Waals surface area contributed by atoms with Crippen molar-refractivity contribution in [1.82, 2.24) is 5.20 Å². The number of rotatable bonds is 14. The lowest BCUT2D eigenvalue weighted by molar-refractivity contribution is -0.114. The van der Waals surface area contributed by atoms with E-state index in [1.54, 1.807) is 19.5 Å². The topological polar surface area (TPSA) is 89.9 Å². The Kier molecular flexibility index (Phi) is 12.9. The van der Waals surface area contributed by atoms with Crippen LogP contribution >= 0.6 is 8.88 Å². The number of hydrogen-bond acceptors (Lipinski definition) is 6. The van der Waals surface area contributed by atoms with E-state index in [2.05, 4.69) is 37.9 Å². The van der Waals surface area contributed by atoms with E-state index < -0.39 is 0 Å². The Morgan fingerprint density at radius 2 is 1.89 bits per heavy atom. The van der Waals surface area contributed by atoms with E-state index in [9.17, 15) is 4.79 Å². The summed E-state index contributed by atoms with van der Waals surface area (Å²) in [5.41, 5.74) is 5.78. The van der Waals surface area contributed by atoms with E-state index >= 15 is 0 Å². The largest absolute Gasteiger partial charge is 0.383 e. The Bertz CT molecular complexity index is 606. The number of hydrogen-bond donors (Lipinski definition) is 4. The fraction of sp³-hybridized carbons (Fsp3) is 0.526. The molecule has 0 bridgehead atoms. The van der Waals surface area contributed by atoms with Gasteiger partial charge in [0.1, 0.15) is 0 Å². The number of carbonyl (C=O) groups excluding carboxylic acids is 1. The molecule has 4 N–H and O–H groups in total. The molecular weight excluding hydrogens is 359 g/mol. The van der Waals surface area contributed by atoms with Crippen LogP contribution in [0.1, 0.15) is 52.4 Å².